The molecule has 102 valence electrons. The Labute approximate surface area is 126 Å². The first-order valence-electron chi connectivity index (χ1n) is 5.78. The highest BCUT2D eigenvalue weighted by Gasteiger charge is 2.22. The van der Waals surface area contributed by atoms with Crippen molar-refractivity contribution in [3.63, 3.8) is 0 Å². The third-order valence-corrected chi connectivity index (χ3v) is 6.75. The van der Waals surface area contributed by atoms with Crippen LogP contribution in [0.5, 0.6) is 0 Å². The largest absolute Gasteiger partial charge is 0.273 e. The highest BCUT2D eigenvalue weighted by Crippen LogP contribution is 2.30. The van der Waals surface area contributed by atoms with E-state index in [9.17, 15) is 8.42 Å². The van der Waals surface area contributed by atoms with E-state index in [0.717, 1.165) is 10.2 Å². The lowest BCUT2D eigenvalue weighted by Gasteiger charge is -2.18. The van der Waals surface area contributed by atoms with Crippen LogP contribution < -0.4 is 4.31 Å². The van der Waals surface area contributed by atoms with Crippen molar-refractivity contribution in [2.75, 3.05) is 11.4 Å². The van der Waals surface area contributed by atoms with Gasteiger partial charge in [-0.25, -0.2) is 8.42 Å². The molecule has 0 aliphatic rings. The number of hydrogen-bond donors (Lipinski definition) is 0. The lowest BCUT2D eigenvalue weighted by molar-refractivity contribution is 0.596. The minimum absolute atomic E-state index is 0.335. The van der Waals surface area contributed by atoms with Crippen molar-refractivity contribution in [2.24, 2.45) is 0 Å². The first-order chi connectivity index (χ1) is 8.95. The Hall–Kier alpha value is -0.850. The molecule has 0 saturated carbocycles. The summed E-state index contributed by atoms with van der Waals surface area (Å²) in [6, 6.07) is 10.9. The number of hydrogen-bond acceptors (Lipinski definition) is 3. The molecule has 0 bridgehead atoms. The molecule has 0 aliphatic carbocycles. The summed E-state index contributed by atoms with van der Waals surface area (Å²) >= 11 is 4.50. The van der Waals surface area contributed by atoms with Gasteiger partial charge >= 0.3 is 0 Å². The summed E-state index contributed by atoms with van der Waals surface area (Å²) < 4.78 is 27.3. The van der Waals surface area contributed by atoms with E-state index in [1.165, 1.54) is 21.2 Å². The number of rotatable bonds is 4. The Balaban J connectivity index is 2.34. The molecule has 3 nitrogen and oxygen atoms in total. The lowest BCUT2D eigenvalue weighted by atomic mass is 10.1. The highest BCUT2D eigenvalue weighted by molar-refractivity contribution is 9.11. The third kappa shape index (κ3) is 3.01. The van der Waals surface area contributed by atoms with Crippen molar-refractivity contribution in [3.8, 4) is 0 Å². The summed E-state index contributed by atoms with van der Waals surface area (Å²) in [5, 5.41) is 0. The molecule has 0 fully saturated rings. The number of thiophene rings is 1. The molecule has 0 atom stereocenters. The van der Waals surface area contributed by atoms with E-state index in [2.05, 4.69) is 22.9 Å². The third-order valence-electron chi connectivity index (χ3n) is 2.87. The summed E-state index contributed by atoms with van der Waals surface area (Å²) in [5.41, 5.74) is 1.86. The Morgan fingerprint density at radius 2 is 1.79 bits per heavy atom. The minimum Gasteiger partial charge on any atom is -0.269 e. The Kier molecular flexibility index (Phi) is 4.32. The van der Waals surface area contributed by atoms with Crippen LogP contribution in [0.15, 0.2) is 44.4 Å². The van der Waals surface area contributed by atoms with Gasteiger partial charge < -0.3 is 0 Å². The van der Waals surface area contributed by atoms with E-state index in [1.807, 2.05) is 24.3 Å². The van der Waals surface area contributed by atoms with Gasteiger partial charge in [0.15, 0.2) is 0 Å². The second kappa shape index (κ2) is 5.64. The molecule has 1 aromatic heterocycles. The predicted octanol–water partition coefficient (Wildman–Crippen LogP) is 3.90. The van der Waals surface area contributed by atoms with Crippen molar-refractivity contribution >= 4 is 43.0 Å². The number of aryl methyl sites for hydroxylation is 1. The molecule has 0 unspecified atom stereocenters. The Bertz CT molecular complexity index is 662. The van der Waals surface area contributed by atoms with Gasteiger partial charge in [-0.05, 0) is 52.2 Å². The SMILES string of the molecule is CCc1ccc(N(C)S(=O)(=O)c2ccc(Br)s2)cc1. The Morgan fingerprint density at radius 3 is 2.26 bits per heavy atom. The van der Waals surface area contributed by atoms with Crippen molar-refractivity contribution in [1.82, 2.24) is 0 Å². The second-order valence-corrected chi connectivity index (χ2v) is 8.71. The van der Waals surface area contributed by atoms with E-state index < -0.39 is 10.0 Å². The van der Waals surface area contributed by atoms with Gasteiger partial charge in [0.1, 0.15) is 4.21 Å². The molecule has 0 saturated heterocycles. The van der Waals surface area contributed by atoms with Crippen LogP contribution >= 0.6 is 27.3 Å². The smallest absolute Gasteiger partial charge is 0.269 e. The fraction of sp³-hybridized carbons (Fsp3) is 0.231. The number of nitrogens with zero attached hydrogens (tertiary/aromatic N) is 1. The van der Waals surface area contributed by atoms with Gasteiger partial charge in [-0.2, -0.15) is 0 Å². The number of sulfonamides is 1. The summed E-state index contributed by atoms with van der Waals surface area (Å²) in [7, 11) is -1.90. The van der Waals surface area contributed by atoms with Crippen LogP contribution in [-0.4, -0.2) is 15.5 Å². The molecule has 0 radical (unpaired) electrons. The predicted molar refractivity (Wildman–Crippen MR) is 83.4 cm³/mol. The molecule has 19 heavy (non-hydrogen) atoms. The van der Waals surface area contributed by atoms with Gasteiger partial charge in [0.05, 0.1) is 9.47 Å². The van der Waals surface area contributed by atoms with E-state index in [1.54, 1.807) is 19.2 Å². The first kappa shape index (κ1) is 14.6. The van der Waals surface area contributed by atoms with Crippen LogP contribution in [0.1, 0.15) is 12.5 Å². The zero-order valence-corrected chi connectivity index (χ0v) is 13.8. The zero-order chi connectivity index (χ0) is 14.0. The van der Waals surface area contributed by atoms with Crippen molar-refractivity contribution < 1.29 is 8.42 Å². The molecule has 0 spiro atoms. The van der Waals surface area contributed by atoms with Crippen molar-refractivity contribution in [3.05, 3.63) is 45.7 Å². The van der Waals surface area contributed by atoms with Gasteiger partial charge in [0.25, 0.3) is 10.0 Å². The van der Waals surface area contributed by atoms with Gasteiger partial charge in [0, 0.05) is 7.05 Å². The van der Waals surface area contributed by atoms with Crippen LogP contribution in [0.2, 0.25) is 0 Å². The van der Waals surface area contributed by atoms with Gasteiger partial charge in [-0.1, -0.05) is 19.1 Å². The minimum atomic E-state index is -3.47. The van der Waals surface area contributed by atoms with E-state index >= 15 is 0 Å². The maximum Gasteiger partial charge on any atom is 0.273 e. The van der Waals surface area contributed by atoms with Gasteiger partial charge in [-0.15, -0.1) is 11.3 Å². The van der Waals surface area contributed by atoms with Crippen LogP contribution in [-0.2, 0) is 16.4 Å². The molecule has 0 N–H and O–H groups in total. The van der Waals surface area contributed by atoms with E-state index in [0.29, 0.717) is 9.90 Å². The molecule has 2 rings (SSSR count). The monoisotopic (exact) mass is 359 g/mol. The molecular weight excluding hydrogens is 346 g/mol. The molecule has 1 heterocycles. The summed E-state index contributed by atoms with van der Waals surface area (Å²) in [6.45, 7) is 2.07. The second-order valence-electron chi connectivity index (χ2n) is 4.05. The maximum atomic E-state index is 12.4. The van der Waals surface area contributed by atoms with Crippen LogP contribution in [0.25, 0.3) is 0 Å². The average molecular weight is 360 g/mol. The van der Waals surface area contributed by atoms with Crippen molar-refractivity contribution in [2.45, 2.75) is 17.6 Å². The Morgan fingerprint density at radius 1 is 1.16 bits per heavy atom. The average Bonchev–Trinajstić information content (AvgIpc) is 2.85. The highest BCUT2D eigenvalue weighted by atomic mass is 79.9. The normalized spacial score (nSPS) is 11.5. The zero-order valence-electron chi connectivity index (χ0n) is 10.6. The topological polar surface area (TPSA) is 37.4 Å². The molecule has 2 aromatic rings. The van der Waals surface area contributed by atoms with Crippen LogP contribution in [0, 0.1) is 0 Å². The van der Waals surface area contributed by atoms with Crippen molar-refractivity contribution in [1.29, 1.82) is 0 Å². The van der Waals surface area contributed by atoms with E-state index in [-0.39, 0.29) is 0 Å². The molecule has 0 amide bonds. The summed E-state index contributed by atoms with van der Waals surface area (Å²) in [4.78, 5) is 0. The maximum absolute atomic E-state index is 12.4. The molecule has 6 heteroatoms. The van der Waals surface area contributed by atoms with Crippen LogP contribution in [0.4, 0.5) is 5.69 Å². The molecule has 1 aromatic carbocycles. The fourth-order valence-electron chi connectivity index (χ4n) is 1.65. The van der Waals surface area contributed by atoms with Gasteiger partial charge in [0.2, 0.25) is 0 Å². The molecular formula is C13H14BrNO2S2. The standard InChI is InChI=1S/C13H14BrNO2S2/c1-3-10-4-6-11(7-5-10)15(2)19(16,17)13-9-8-12(14)18-13/h4-9H,3H2,1-2H3. The summed E-state index contributed by atoms with van der Waals surface area (Å²) in [6.07, 6.45) is 0.939. The van der Waals surface area contributed by atoms with Crippen LogP contribution in [0.3, 0.4) is 0 Å². The fourth-order valence-corrected chi connectivity index (χ4v) is 5.03. The number of halogens is 1. The lowest BCUT2D eigenvalue weighted by Crippen LogP contribution is -2.25. The number of anilines is 1. The van der Waals surface area contributed by atoms with Gasteiger partial charge in [-0.3, -0.25) is 4.31 Å². The number of benzene rings is 1. The quantitative estimate of drug-likeness (QED) is 0.829. The summed E-state index contributed by atoms with van der Waals surface area (Å²) in [5.74, 6) is 0. The first-order valence-corrected chi connectivity index (χ1v) is 8.83. The van der Waals surface area contributed by atoms with E-state index in [4.69, 9.17) is 0 Å². The molecule has 0 aliphatic heterocycles.